The van der Waals surface area contributed by atoms with Crippen molar-refractivity contribution >= 4 is 11.9 Å². The Hall–Kier alpha value is -1.26. The van der Waals surface area contributed by atoms with Crippen LogP contribution in [0.3, 0.4) is 0 Å². The van der Waals surface area contributed by atoms with Gasteiger partial charge in [0, 0.05) is 13.6 Å². The molecule has 0 aromatic heterocycles. The lowest BCUT2D eigenvalue weighted by atomic mass is 10.2. The van der Waals surface area contributed by atoms with Gasteiger partial charge in [0.2, 0.25) is 5.91 Å². The molecule has 1 fully saturated rings. The minimum atomic E-state index is -0.640. The molecule has 1 unspecified atom stereocenters. The molecule has 0 aromatic rings. The van der Waals surface area contributed by atoms with E-state index in [0.29, 0.717) is 13.0 Å². The van der Waals surface area contributed by atoms with Crippen LogP contribution in [0.1, 0.15) is 6.42 Å². The quantitative estimate of drug-likeness (QED) is 0.506. The van der Waals surface area contributed by atoms with Gasteiger partial charge in [0.1, 0.15) is 6.04 Å². The zero-order valence-electron chi connectivity index (χ0n) is 6.33. The van der Waals surface area contributed by atoms with E-state index in [2.05, 4.69) is 5.32 Å². The highest BCUT2D eigenvalue weighted by atomic mass is 16.2. The summed E-state index contributed by atoms with van der Waals surface area (Å²) in [6, 6.07) is -1.05. The monoisotopic (exact) mass is 157 g/mol. The van der Waals surface area contributed by atoms with Crippen LogP contribution in [-0.2, 0) is 4.79 Å². The molecule has 1 heterocycles. The van der Waals surface area contributed by atoms with Crippen LogP contribution in [0.15, 0.2) is 0 Å². The van der Waals surface area contributed by atoms with Crippen molar-refractivity contribution in [2.24, 2.45) is 5.73 Å². The number of likely N-dealkylation sites (N-methyl/N-ethyl adjacent to an activating group) is 1. The first kappa shape index (κ1) is 7.84. The summed E-state index contributed by atoms with van der Waals surface area (Å²) in [5, 5.41) is 2.37. The fourth-order valence-corrected chi connectivity index (χ4v) is 1.13. The fraction of sp³-hybridized carbons (Fsp3) is 0.667. The molecule has 1 rings (SSSR count). The third-order valence-corrected chi connectivity index (χ3v) is 1.74. The van der Waals surface area contributed by atoms with Gasteiger partial charge in [0.05, 0.1) is 0 Å². The largest absolute Gasteiger partial charge is 0.352 e. The van der Waals surface area contributed by atoms with Gasteiger partial charge in [0.25, 0.3) is 0 Å². The second kappa shape index (κ2) is 2.77. The number of rotatable bonds is 1. The van der Waals surface area contributed by atoms with Crippen LogP contribution in [-0.4, -0.2) is 36.5 Å². The zero-order chi connectivity index (χ0) is 8.43. The van der Waals surface area contributed by atoms with E-state index in [1.807, 2.05) is 0 Å². The predicted octanol–water partition coefficient (Wildman–Crippen LogP) is -1.11. The summed E-state index contributed by atoms with van der Waals surface area (Å²) in [6.45, 7) is 0.684. The van der Waals surface area contributed by atoms with E-state index in [1.165, 1.54) is 0 Å². The highest BCUT2D eigenvalue weighted by molar-refractivity contribution is 5.87. The van der Waals surface area contributed by atoms with Crippen molar-refractivity contribution in [1.29, 1.82) is 0 Å². The first-order valence-corrected chi connectivity index (χ1v) is 3.42. The second-order valence-corrected chi connectivity index (χ2v) is 2.61. The zero-order valence-corrected chi connectivity index (χ0v) is 6.33. The van der Waals surface area contributed by atoms with Gasteiger partial charge in [-0.15, -0.1) is 0 Å². The van der Waals surface area contributed by atoms with Crippen LogP contribution in [0, 0.1) is 0 Å². The third kappa shape index (κ3) is 1.60. The van der Waals surface area contributed by atoms with Crippen molar-refractivity contribution in [3.63, 3.8) is 0 Å². The lowest BCUT2D eigenvalue weighted by molar-refractivity contribution is -0.128. The first-order chi connectivity index (χ1) is 5.11. The Balaban J connectivity index is 2.49. The summed E-state index contributed by atoms with van der Waals surface area (Å²) in [6.07, 6.45) is 0.651. The van der Waals surface area contributed by atoms with Crippen molar-refractivity contribution in [2.45, 2.75) is 12.5 Å². The molecule has 3 amide bonds. The number of primary amides is 1. The Morgan fingerprint density at radius 2 is 2.45 bits per heavy atom. The van der Waals surface area contributed by atoms with Gasteiger partial charge in [-0.1, -0.05) is 0 Å². The molecule has 0 spiro atoms. The van der Waals surface area contributed by atoms with Crippen molar-refractivity contribution in [3.05, 3.63) is 0 Å². The fourth-order valence-electron chi connectivity index (χ4n) is 1.13. The molecule has 3 N–H and O–H groups in total. The molecule has 1 atom stereocenters. The molecule has 11 heavy (non-hydrogen) atoms. The summed E-state index contributed by atoms with van der Waals surface area (Å²) < 4.78 is 0. The van der Waals surface area contributed by atoms with E-state index in [4.69, 9.17) is 5.73 Å². The number of nitrogens with one attached hydrogen (secondary N) is 1. The molecule has 0 saturated carbocycles. The van der Waals surface area contributed by atoms with E-state index in [1.54, 1.807) is 11.9 Å². The molecular formula is C6H11N3O2. The number of urea groups is 1. The number of amides is 3. The van der Waals surface area contributed by atoms with Crippen LogP contribution in [0.4, 0.5) is 4.79 Å². The summed E-state index contributed by atoms with van der Waals surface area (Å²) in [5.41, 5.74) is 4.86. The standard InChI is InChI=1S/C6H11N3O2/c1-9-3-2-4(5(9)10)8-6(7)11/h4H,2-3H2,1H3,(H3,7,8,11). The molecule has 5 heteroatoms. The molecule has 1 aliphatic heterocycles. The number of nitrogens with two attached hydrogens (primary N) is 1. The van der Waals surface area contributed by atoms with Gasteiger partial charge in [-0.3, -0.25) is 4.79 Å². The van der Waals surface area contributed by atoms with Gasteiger partial charge in [-0.2, -0.15) is 0 Å². The van der Waals surface area contributed by atoms with E-state index >= 15 is 0 Å². The van der Waals surface area contributed by atoms with Crippen LogP contribution >= 0.6 is 0 Å². The summed E-state index contributed by atoms with van der Waals surface area (Å²) in [4.78, 5) is 23.0. The molecule has 0 bridgehead atoms. The average Bonchev–Trinajstić information content (AvgIpc) is 2.18. The molecule has 5 nitrogen and oxygen atoms in total. The maximum atomic E-state index is 11.1. The van der Waals surface area contributed by atoms with E-state index < -0.39 is 12.1 Å². The van der Waals surface area contributed by atoms with Crippen molar-refractivity contribution < 1.29 is 9.59 Å². The van der Waals surface area contributed by atoms with Gasteiger partial charge in [-0.25, -0.2) is 4.79 Å². The lowest BCUT2D eigenvalue weighted by Gasteiger charge is -2.09. The Bertz CT molecular complexity index is 192. The summed E-state index contributed by atoms with van der Waals surface area (Å²) in [7, 11) is 1.70. The maximum absolute atomic E-state index is 11.1. The molecule has 1 aliphatic rings. The second-order valence-electron chi connectivity index (χ2n) is 2.61. The maximum Gasteiger partial charge on any atom is 0.312 e. The number of carbonyl (C=O) groups is 2. The predicted molar refractivity (Wildman–Crippen MR) is 38.8 cm³/mol. The Morgan fingerprint density at radius 1 is 1.82 bits per heavy atom. The Labute approximate surface area is 64.5 Å². The topological polar surface area (TPSA) is 75.4 Å². The Morgan fingerprint density at radius 3 is 2.82 bits per heavy atom. The summed E-state index contributed by atoms with van der Waals surface area (Å²) in [5.74, 6) is -0.0659. The first-order valence-electron chi connectivity index (χ1n) is 3.42. The lowest BCUT2D eigenvalue weighted by Crippen LogP contribution is -2.43. The van der Waals surface area contributed by atoms with Gasteiger partial charge >= 0.3 is 6.03 Å². The molecule has 0 aliphatic carbocycles. The van der Waals surface area contributed by atoms with E-state index in [-0.39, 0.29) is 5.91 Å². The number of nitrogens with zero attached hydrogens (tertiary/aromatic N) is 1. The SMILES string of the molecule is CN1CCC(NC(N)=O)C1=O. The van der Waals surface area contributed by atoms with E-state index in [0.717, 1.165) is 0 Å². The van der Waals surface area contributed by atoms with Crippen molar-refractivity contribution in [2.75, 3.05) is 13.6 Å². The van der Waals surface area contributed by atoms with Crippen LogP contribution in [0.25, 0.3) is 0 Å². The van der Waals surface area contributed by atoms with Crippen LogP contribution in [0.2, 0.25) is 0 Å². The molecular weight excluding hydrogens is 146 g/mol. The molecule has 0 radical (unpaired) electrons. The smallest absolute Gasteiger partial charge is 0.312 e. The number of carbonyl (C=O) groups excluding carboxylic acids is 2. The summed E-state index contributed by atoms with van der Waals surface area (Å²) >= 11 is 0. The number of hydrogen-bond acceptors (Lipinski definition) is 2. The number of likely N-dealkylation sites (tertiary alicyclic amines) is 1. The molecule has 1 saturated heterocycles. The van der Waals surface area contributed by atoms with Crippen LogP contribution < -0.4 is 11.1 Å². The molecule has 0 aromatic carbocycles. The highest BCUT2D eigenvalue weighted by Crippen LogP contribution is 2.07. The minimum Gasteiger partial charge on any atom is -0.352 e. The van der Waals surface area contributed by atoms with Gasteiger partial charge in [-0.05, 0) is 6.42 Å². The highest BCUT2D eigenvalue weighted by Gasteiger charge is 2.29. The van der Waals surface area contributed by atoms with Crippen LogP contribution in [0.5, 0.6) is 0 Å². The normalized spacial score (nSPS) is 23.9. The van der Waals surface area contributed by atoms with Crippen molar-refractivity contribution in [1.82, 2.24) is 10.2 Å². The number of hydrogen-bond donors (Lipinski definition) is 2. The van der Waals surface area contributed by atoms with E-state index in [9.17, 15) is 9.59 Å². The third-order valence-electron chi connectivity index (χ3n) is 1.74. The Kier molecular flexibility index (Phi) is 1.98. The molecule has 62 valence electrons. The van der Waals surface area contributed by atoms with Crippen molar-refractivity contribution in [3.8, 4) is 0 Å². The minimum absolute atomic E-state index is 0.0659. The van der Waals surface area contributed by atoms with Gasteiger partial charge < -0.3 is 16.0 Å². The average molecular weight is 157 g/mol. The van der Waals surface area contributed by atoms with Gasteiger partial charge in [0.15, 0.2) is 0 Å².